The molecule has 0 aromatic heterocycles. The molecule has 1 aliphatic carbocycles. The highest BCUT2D eigenvalue weighted by Gasteiger charge is 2.56. The summed E-state index contributed by atoms with van der Waals surface area (Å²) in [5.41, 5.74) is 1.66. The molecule has 3 aliphatic heterocycles. The Morgan fingerprint density at radius 3 is 2.25 bits per heavy atom. The van der Waals surface area contributed by atoms with E-state index in [9.17, 15) is 34.8 Å². The molecular formula is C44H71NO12. The van der Waals surface area contributed by atoms with Crippen LogP contribution in [0.4, 0.5) is 0 Å². The van der Waals surface area contributed by atoms with E-state index in [-0.39, 0.29) is 61.9 Å². The number of cyclic esters (lactones) is 1. The molecule has 1 amide bonds. The largest absolute Gasteiger partial charge is 0.456 e. The highest BCUT2D eigenvalue weighted by atomic mass is 16.7. The van der Waals surface area contributed by atoms with Gasteiger partial charge in [0.15, 0.2) is 6.10 Å². The van der Waals surface area contributed by atoms with Gasteiger partial charge in [0.1, 0.15) is 24.0 Å². The highest BCUT2D eigenvalue weighted by Crippen LogP contribution is 2.41. The second-order valence-corrected chi connectivity index (χ2v) is 17.5. The Labute approximate surface area is 339 Å². The number of hydrogen-bond acceptors (Lipinski definition) is 12. The number of allylic oxidation sites excluding steroid dienone is 4. The van der Waals surface area contributed by atoms with Crippen molar-refractivity contribution in [2.75, 3.05) is 27.9 Å². The molecule has 0 radical (unpaired) electrons. The second-order valence-electron chi connectivity index (χ2n) is 17.5. The van der Waals surface area contributed by atoms with Crippen LogP contribution in [-0.2, 0) is 38.1 Å². The summed E-state index contributed by atoms with van der Waals surface area (Å²) in [5, 5.41) is 46.0. The number of fused-ring (bicyclic) bond motifs is 3. The van der Waals surface area contributed by atoms with Crippen LogP contribution in [0.25, 0.3) is 0 Å². The first-order valence-corrected chi connectivity index (χ1v) is 21.0. The summed E-state index contributed by atoms with van der Waals surface area (Å²) in [6.45, 7) is 13.3. The lowest BCUT2D eigenvalue weighted by Gasteiger charge is -2.50. The molecule has 15 unspecified atom stereocenters. The number of aliphatic hydroxyl groups is 4. The monoisotopic (exact) mass is 805 g/mol. The van der Waals surface area contributed by atoms with Gasteiger partial charge in [0.25, 0.3) is 5.91 Å². The number of ketones is 1. The first-order valence-electron chi connectivity index (χ1n) is 21.0. The Bertz CT molecular complexity index is 1430. The lowest BCUT2D eigenvalue weighted by atomic mass is 9.81. The smallest absolute Gasteiger partial charge is 0.329 e. The molecule has 0 aromatic rings. The normalized spacial score (nSPS) is 41.3. The van der Waals surface area contributed by atoms with E-state index < -0.39 is 78.3 Å². The molecule has 2 bridgehead atoms. The summed E-state index contributed by atoms with van der Waals surface area (Å²) < 4.78 is 30.0. The minimum absolute atomic E-state index is 0.000937. The Balaban J connectivity index is 1.77. The minimum Gasteiger partial charge on any atom is -0.456 e. The number of rotatable bonds is 7. The summed E-state index contributed by atoms with van der Waals surface area (Å²) in [4.78, 5) is 43.6. The lowest BCUT2D eigenvalue weighted by molar-refractivity contribution is -0.346. The van der Waals surface area contributed by atoms with Crippen molar-refractivity contribution in [3.63, 3.8) is 0 Å². The van der Waals surface area contributed by atoms with E-state index in [1.165, 1.54) is 4.90 Å². The summed E-state index contributed by atoms with van der Waals surface area (Å²) in [5.74, 6) is -5.46. The van der Waals surface area contributed by atoms with Crippen LogP contribution in [0, 0.1) is 29.6 Å². The Hall–Kier alpha value is -2.49. The molecule has 0 aromatic carbocycles. The molecule has 3 fully saturated rings. The van der Waals surface area contributed by atoms with Crippen LogP contribution >= 0.6 is 0 Å². The first-order chi connectivity index (χ1) is 27.0. The van der Waals surface area contributed by atoms with Gasteiger partial charge in [-0.1, -0.05) is 44.6 Å². The van der Waals surface area contributed by atoms with Crippen molar-refractivity contribution < 1.29 is 58.5 Å². The average Bonchev–Trinajstić information content (AvgIpc) is 3.18. The van der Waals surface area contributed by atoms with Crippen LogP contribution < -0.4 is 0 Å². The molecule has 1 saturated carbocycles. The fourth-order valence-corrected chi connectivity index (χ4v) is 9.55. The van der Waals surface area contributed by atoms with Crippen molar-refractivity contribution in [2.45, 2.75) is 166 Å². The van der Waals surface area contributed by atoms with Crippen LogP contribution in [-0.4, -0.2) is 132 Å². The van der Waals surface area contributed by atoms with Crippen LogP contribution in [0.5, 0.6) is 0 Å². The van der Waals surface area contributed by atoms with E-state index in [0.29, 0.717) is 50.5 Å². The topological polar surface area (TPSA) is 182 Å². The van der Waals surface area contributed by atoms with Gasteiger partial charge in [-0.2, -0.15) is 0 Å². The second kappa shape index (κ2) is 21.2. The van der Waals surface area contributed by atoms with Gasteiger partial charge in [-0.15, -0.1) is 6.58 Å². The number of Topliss-reactive ketones (excluding diaryl/α,β-unsaturated/α-hetero) is 1. The molecule has 13 heteroatoms. The number of nitrogens with zero attached hydrogens (tertiary/aromatic N) is 1. The predicted molar refractivity (Wildman–Crippen MR) is 214 cm³/mol. The van der Waals surface area contributed by atoms with E-state index in [2.05, 4.69) is 13.5 Å². The fourth-order valence-electron chi connectivity index (χ4n) is 9.55. The van der Waals surface area contributed by atoms with Crippen molar-refractivity contribution in [1.29, 1.82) is 0 Å². The van der Waals surface area contributed by atoms with Gasteiger partial charge in [-0.25, -0.2) is 4.79 Å². The highest BCUT2D eigenvalue weighted by molar-refractivity contribution is 5.88. The quantitative estimate of drug-likeness (QED) is 0.210. The average molecular weight is 806 g/mol. The lowest BCUT2D eigenvalue weighted by Crippen LogP contribution is -2.66. The Kier molecular flexibility index (Phi) is 17.5. The molecule has 4 rings (SSSR count). The number of methoxy groups -OCH3 is 3. The summed E-state index contributed by atoms with van der Waals surface area (Å²) in [6.07, 6.45) is 3.15. The van der Waals surface area contributed by atoms with Crippen molar-refractivity contribution in [1.82, 2.24) is 4.90 Å². The van der Waals surface area contributed by atoms with Gasteiger partial charge in [0.05, 0.1) is 30.5 Å². The number of carbonyl (C=O) groups excluding carboxylic acids is 3. The van der Waals surface area contributed by atoms with Crippen molar-refractivity contribution in [3.8, 4) is 0 Å². The van der Waals surface area contributed by atoms with Gasteiger partial charge < -0.3 is 49.0 Å². The van der Waals surface area contributed by atoms with E-state index in [1.54, 1.807) is 41.3 Å². The van der Waals surface area contributed by atoms with E-state index in [1.807, 2.05) is 26.0 Å². The Morgan fingerprint density at radius 2 is 1.60 bits per heavy atom. The van der Waals surface area contributed by atoms with Crippen LogP contribution in [0.2, 0.25) is 0 Å². The number of hydrogen-bond donors (Lipinski definition) is 4. The number of carbonyl (C=O) groups is 3. The molecule has 13 nitrogen and oxygen atoms in total. The minimum atomic E-state index is -2.33. The summed E-state index contributed by atoms with van der Waals surface area (Å²) in [6, 6.07) is -1.13. The summed E-state index contributed by atoms with van der Waals surface area (Å²) in [7, 11) is 4.66. The van der Waals surface area contributed by atoms with Crippen molar-refractivity contribution in [2.24, 2.45) is 29.6 Å². The third kappa shape index (κ3) is 11.6. The van der Waals surface area contributed by atoms with Gasteiger partial charge in [-0.05, 0) is 95.0 Å². The molecule has 3 heterocycles. The third-order valence-corrected chi connectivity index (χ3v) is 13.1. The Morgan fingerprint density at radius 1 is 0.930 bits per heavy atom. The van der Waals surface area contributed by atoms with Crippen LogP contribution in [0.15, 0.2) is 36.0 Å². The molecule has 4 aliphatic rings. The zero-order valence-electron chi connectivity index (χ0n) is 35.5. The van der Waals surface area contributed by atoms with E-state index in [0.717, 1.165) is 5.57 Å². The number of ether oxygens (including phenoxy) is 5. The fraction of sp³-hybridized carbons (Fsp3) is 0.795. The molecule has 57 heavy (non-hydrogen) atoms. The van der Waals surface area contributed by atoms with E-state index in [4.69, 9.17) is 23.7 Å². The first kappa shape index (κ1) is 47.2. The van der Waals surface area contributed by atoms with Crippen LogP contribution in [0.3, 0.4) is 0 Å². The van der Waals surface area contributed by atoms with Crippen LogP contribution in [0.1, 0.15) is 105 Å². The maximum atomic E-state index is 14.5. The van der Waals surface area contributed by atoms with Gasteiger partial charge >= 0.3 is 5.97 Å². The third-order valence-electron chi connectivity index (χ3n) is 13.1. The maximum Gasteiger partial charge on any atom is 0.329 e. The number of esters is 1. The predicted octanol–water partition coefficient (Wildman–Crippen LogP) is 4.43. The zero-order valence-corrected chi connectivity index (χ0v) is 35.5. The molecule has 15 atom stereocenters. The van der Waals surface area contributed by atoms with Gasteiger partial charge in [0.2, 0.25) is 5.79 Å². The summed E-state index contributed by atoms with van der Waals surface area (Å²) >= 11 is 0. The van der Waals surface area contributed by atoms with Crippen molar-refractivity contribution in [3.05, 3.63) is 36.0 Å². The number of aliphatic hydroxyl groups excluding tert-OH is 3. The standard InChI is InChI=1S/C44H71NO12/c1-10-11-30-16-17-45-33(22-30)43(51)56-39(27(4)20-31-13-15-34(47)36(23-31)53-7)29(6)35(48)24-32(46)14-12-25(2)18-26(3)19-37(54-8)40-38(55-9)21-28(5)44(52,57-40)41(49)42(45)50/h10,12,20,26,28-31,33-41,47-49,52H,1,11,13-19,21-24H2,2-9H3. The van der Waals surface area contributed by atoms with Crippen molar-refractivity contribution >= 4 is 17.7 Å². The maximum absolute atomic E-state index is 14.5. The molecule has 2 saturated heterocycles. The molecular weight excluding hydrogens is 734 g/mol. The SMILES string of the molecule is C=CCC1CCN2C(=O)C(O)C3(O)OC(C(OC)CC(C)CC(C)=CCC(=O)CC(O)C(C)C(C(C)=CC4CCC(O)C(OC)C4)OC(=O)C2C1)C(OC)CC3C. The number of amides is 1. The number of piperidine rings is 1. The van der Waals surface area contributed by atoms with Gasteiger partial charge in [0, 0.05) is 52.6 Å². The van der Waals surface area contributed by atoms with Gasteiger partial charge in [-0.3, -0.25) is 9.59 Å². The zero-order chi connectivity index (χ0) is 42.2. The molecule has 0 spiro atoms. The molecule has 4 N–H and O–H groups in total. The van der Waals surface area contributed by atoms with E-state index >= 15 is 0 Å². The molecule has 324 valence electrons.